The summed E-state index contributed by atoms with van der Waals surface area (Å²) in [5.41, 5.74) is 1.50. The van der Waals surface area contributed by atoms with Crippen molar-refractivity contribution >= 4 is 17.6 Å². The number of aromatic nitrogens is 2. The second-order valence-electron chi connectivity index (χ2n) is 4.98. The molecule has 2 rings (SSSR count). The quantitative estimate of drug-likeness (QED) is 0.694. The molecule has 0 radical (unpaired) electrons. The Morgan fingerprint density at radius 2 is 2.27 bits per heavy atom. The van der Waals surface area contributed by atoms with Gasteiger partial charge in [-0.2, -0.15) is 5.10 Å². The Morgan fingerprint density at radius 1 is 1.50 bits per heavy atom. The zero-order valence-electron chi connectivity index (χ0n) is 12.8. The van der Waals surface area contributed by atoms with Gasteiger partial charge in [0.2, 0.25) is 0 Å². The lowest BCUT2D eigenvalue weighted by Crippen LogP contribution is -2.38. The van der Waals surface area contributed by atoms with Crippen molar-refractivity contribution in [3.05, 3.63) is 52.6 Å². The van der Waals surface area contributed by atoms with Crippen LogP contribution in [-0.4, -0.2) is 34.7 Å². The van der Waals surface area contributed by atoms with Crippen molar-refractivity contribution in [3.8, 4) is 0 Å². The van der Waals surface area contributed by atoms with Crippen molar-refractivity contribution in [2.75, 3.05) is 14.1 Å². The number of nitrogens with one attached hydrogen (secondary N) is 1. The summed E-state index contributed by atoms with van der Waals surface area (Å²) in [4.78, 5) is 6.02. The van der Waals surface area contributed by atoms with Crippen LogP contribution in [0.4, 0.5) is 4.39 Å². The molecule has 5 nitrogen and oxygen atoms in total. The first kappa shape index (κ1) is 16.3. The molecule has 0 atom stereocenters. The first-order chi connectivity index (χ1) is 10.5. The highest BCUT2D eigenvalue weighted by Gasteiger charge is 2.12. The summed E-state index contributed by atoms with van der Waals surface area (Å²) in [5, 5.41) is 7.74. The monoisotopic (exact) mass is 323 g/mol. The number of aliphatic imine (C=N–C) groups is 1. The highest BCUT2D eigenvalue weighted by atomic mass is 35.5. The van der Waals surface area contributed by atoms with Gasteiger partial charge in [0.1, 0.15) is 5.82 Å². The summed E-state index contributed by atoms with van der Waals surface area (Å²) in [6.45, 7) is 0.925. The van der Waals surface area contributed by atoms with Crippen LogP contribution in [0.1, 0.15) is 11.1 Å². The van der Waals surface area contributed by atoms with E-state index in [1.807, 2.05) is 25.2 Å². The second kappa shape index (κ2) is 7.26. The molecule has 0 unspecified atom stereocenters. The average molecular weight is 324 g/mol. The zero-order chi connectivity index (χ0) is 16.1. The normalized spacial score (nSPS) is 11.6. The molecule has 1 aromatic carbocycles. The average Bonchev–Trinajstić information content (AvgIpc) is 2.89. The van der Waals surface area contributed by atoms with Crippen LogP contribution < -0.4 is 5.32 Å². The van der Waals surface area contributed by atoms with Gasteiger partial charge in [-0.25, -0.2) is 4.39 Å². The molecule has 0 amide bonds. The van der Waals surface area contributed by atoms with E-state index in [0.717, 1.165) is 5.56 Å². The summed E-state index contributed by atoms with van der Waals surface area (Å²) < 4.78 is 15.6. The molecule has 0 aliphatic heterocycles. The van der Waals surface area contributed by atoms with E-state index >= 15 is 0 Å². The number of hydrogen-bond acceptors (Lipinski definition) is 2. The van der Waals surface area contributed by atoms with Gasteiger partial charge >= 0.3 is 0 Å². The maximum absolute atomic E-state index is 13.8. The minimum absolute atomic E-state index is 0.318. The highest BCUT2D eigenvalue weighted by molar-refractivity contribution is 6.31. The van der Waals surface area contributed by atoms with Crippen LogP contribution in [0.5, 0.6) is 0 Å². The van der Waals surface area contributed by atoms with E-state index in [1.165, 1.54) is 6.07 Å². The zero-order valence-corrected chi connectivity index (χ0v) is 13.6. The fraction of sp³-hybridized carbons (Fsp3) is 0.333. The molecule has 0 spiro atoms. The Labute approximate surface area is 134 Å². The third kappa shape index (κ3) is 3.98. The number of aryl methyl sites for hydroxylation is 1. The largest absolute Gasteiger partial charge is 0.352 e. The third-order valence-corrected chi connectivity index (χ3v) is 3.59. The Kier molecular flexibility index (Phi) is 5.38. The maximum Gasteiger partial charge on any atom is 0.193 e. The molecule has 2 aromatic rings. The van der Waals surface area contributed by atoms with E-state index in [0.29, 0.717) is 29.6 Å². The second-order valence-corrected chi connectivity index (χ2v) is 5.39. The Morgan fingerprint density at radius 3 is 2.86 bits per heavy atom. The van der Waals surface area contributed by atoms with Gasteiger partial charge in [-0.05, 0) is 12.1 Å². The molecular weight excluding hydrogens is 305 g/mol. The van der Waals surface area contributed by atoms with Crippen LogP contribution in [0.25, 0.3) is 0 Å². The summed E-state index contributed by atoms with van der Waals surface area (Å²) in [5.74, 6) is 0.338. The van der Waals surface area contributed by atoms with Crippen molar-refractivity contribution in [2.24, 2.45) is 12.0 Å². The van der Waals surface area contributed by atoms with E-state index in [4.69, 9.17) is 11.6 Å². The van der Waals surface area contributed by atoms with Crippen LogP contribution >= 0.6 is 11.6 Å². The SMILES string of the molecule is CN=C(NCc1cnn(C)c1)N(C)Cc1c(F)cccc1Cl. The third-order valence-electron chi connectivity index (χ3n) is 3.24. The van der Waals surface area contributed by atoms with E-state index in [9.17, 15) is 4.39 Å². The maximum atomic E-state index is 13.8. The van der Waals surface area contributed by atoms with E-state index in [-0.39, 0.29) is 5.82 Å². The first-order valence-corrected chi connectivity index (χ1v) is 7.21. The van der Waals surface area contributed by atoms with Gasteiger partial charge in [-0.3, -0.25) is 9.67 Å². The van der Waals surface area contributed by atoms with Gasteiger partial charge in [0.05, 0.1) is 6.20 Å². The Balaban J connectivity index is 2.01. The Hall–Kier alpha value is -2.08. The predicted octanol–water partition coefficient (Wildman–Crippen LogP) is 2.42. The molecule has 1 N–H and O–H groups in total. The minimum Gasteiger partial charge on any atom is -0.352 e. The predicted molar refractivity (Wildman–Crippen MR) is 86.3 cm³/mol. The van der Waals surface area contributed by atoms with Gasteiger partial charge in [0.15, 0.2) is 5.96 Å². The van der Waals surface area contributed by atoms with E-state index in [1.54, 1.807) is 30.1 Å². The summed E-state index contributed by atoms with van der Waals surface area (Å²) >= 11 is 6.06. The minimum atomic E-state index is -0.318. The fourth-order valence-electron chi connectivity index (χ4n) is 2.12. The van der Waals surface area contributed by atoms with Crippen molar-refractivity contribution in [3.63, 3.8) is 0 Å². The number of hydrogen-bond donors (Lipinski definition) is 1. The molecule has 0 fully saturated rings. The molecule has 22 heavy (non-hydrogen) atoms. The topological polar surface area (TPSA) is 45.5 Å². The Bertz CT molecular complexity index is 647. The van der Waals surface area contributed by atoms with Crippen molar-refractivity contribution in [1.82, 2.24) is 20.0 Å². The molecule has 0 saturated carbocycles. The molecular formula is C15H19ClFN5. The molecule has 0 aliphatic carbocycles. The molecule has 7 heteroatoms. The van der Waals surface area contributed by atoms with Gasteiger partial charge in [0.25, 0.3) is 0 Å². The molecule has 118 valence electrons. The standard InChI is InChI=1S/C15H19ClFN5/c1-18-15(19-7-11-8-20-22(3)9-11)21(2)10-12-13(16)5-4-6-14(12)17/h4-6,8-9H,7,10H2,1-3H3,(H,18,19). The molecule has 0 bridgehead atoms. The molecule has 0 saturated heterocycles. The molecule has 1 aromatic heterocycles. The highest BCUT2D eigenvalue weighted by Crippen LogP contribution is 2.20. The number of halogens is 2. The number of rotatable bonds is 4. The summed E-state index contributed by atoms with van der Waals surface area (Å²) in [6.07, 6.45) is 3.71. The lowest BCUT2D eigenvalue weighted by atomic mass is 10.2. The lowest BCUT2D eigenvalue weighted by Gasteiger charge is -2.22. The first-order valence-electron chi connectivity index (χ1n) is 6.83. The summed E-state index contributed by atoms with van der Waals surface area (Å²) in [7, 11) is 5.39. The van der Waals surface area contributed by atoms with Crippen LogP contribution in [0, 0.1) is 5.82 Å². The number of guanidine groups is 1. The number of benzene rings is 1. The van der Waals surface area contributed by atoms with Crippen LogP contribution in [0.3, 0.4) is 0 Å². The summed E-state index contributed by atoms with van der Waals surface area (Å²) in [6, 6.07) is 4.68. The van der Waals surface area contributed by atoms with Gasteiger partial charge in [0, 0.05) is 56.6 Å². The van der Waals surface area contributed by atoms with Crippen LogP contribution in [-0.2, 0) is 20.1 Å². The number of nitrogens with zero attached hydrogens (tertiary/aromatic N) is 4. The van der Waals surface area contributed by atoms with Gasteiger partial charge in [-0.1, -0.05) is 17.7 Å². The van der Waals surface area contributed by atoms with Gasteiger partial charge < -0.3 is 10.2 Å². The van der Waals surface area contributed by atoms with Crippen molar-refractivity contribution < 1.29 is 4.39 Å². The fourth-order valence-corrected chi connectivity index (χ4v) is 2.35. The van der Waals surface area contributed by atoms with Gasteiger partial charge in [-0.15, -0.1) is 0 Å². The van der Waals surface area contributed by atoms with E-state index < -0.39 is 0 Å². The van der Waals surface area contributed by atoms with Crippen LogP contribution in [0.2, 0.25) is 5.02 Å². The molecule has 0 aliphatic rings. The van der Waals surface area contributed by atoms with Crippen molar-refractivity contribution in [1.29, 1.82) is 0 Å². The molecule has 1 heterocycles. The van der Waals surface area contributed by atoms with E-state index in [2.05, 4.69) is 15.4 Å². The smallest absolute Gasteiger partial charge is 0.193 e. The van der Waals surface area contributed by atoms with Crippen molar-refractivity contribution in [2.45, 2.75) is 13.1 Å². The lowest BCUT2D eigenvalue weighted by molar-refractivity contribution is 0.460. The van der Waals surface area contributed by atoms with Crippen LogP contribution in [0.15, 0.2) is 35.6 Å².